The number of fused-ring (bicyclic) bond motifs is 1. The van der Waals surface area contributed by atoms with Gasteiger partial charge in [-0.3, -0.25) is 0 Å². The first-order chi connectivity index (χ1) is 9.26. The molecule has 0 aliphatic carbocycles. The molecule has 1 unspecified atom stereocenters. The van der Waals surface area contributed by atoms with Crippen LogP contribution in [0.25, 0.3) is 0 Å². The first-order valence-electron chi connectivity index (χ1n) is 6.05. The van der Waals surface area contributed by atoms with E-state index in [2.05, 4.69) is 10.4 Å². The van der Waals surface area contributed by atoms with Crippen molar-refractivity contribution in [2.45, 2.75) is 43.9 Å². The van der Waals surface area contributed by atoms with E-state index in [1.165, 1.54) is 10.9 Å². The Morgan fingerprint density at radius 3 is 2.95 bits per heavy atom. The van der Waals surface area contributed by atoms with E-state index in [9.17, 15) is 9.00 Å². The van der Waals surface area contributed by atoms with Gasteiger partial charge in [0, 0.05) is 0 Å². The van der Waals surface area contributed by atoms with Gasteiger partial charge in [-0.2, -0.15) is 5.10 Å². The van der Waals surface area contributed by atoms with E-state index in [-0.39, 0.29) is 23.4 Å². The molecule has 2 atom stereocenters. The molecule has 0 saturated heterocycles. The summed E-state index contributed by atoms with van der Waals surface area (Å²) in [5.41, 5.74) is -0.572. The van der Waals surface area contributed by atoms with Gasteiger partial charge in [0.15, 0.2) is 11.1 Å². The molecule has 8 nitrogen and oxygen atoms in total. The zero-order chi connectivity index (χ0) is 14.9. The van der Waals surface area contributed by atoms with Crippen molar-refractivity contribution in [3.63, 3.8) is 0 Å². The molecule has 2 heterocycles. The molecule has 1 aromatic heterocycles. The van der Waals surface area contributed by atoms with Gasteiger partial charge < -0.3 is 19.3 Å². The van der Waals surface area contributed by atoms with Crippen molar-refractivity contribution in [3.05, 3.63) is 6.20 Å². The Morgan fingerprint density at radius 2 is 2.35 bits per heavy atom. The van der Waals surface area contributed by atoms with Crippen molar-refractivity contribution in [1.29, 1.82) is 0 Å². The molecular weight excluding hydrogens is 286 g/mol. The van der Waals surface area contributed by atoms with Crippen LogP contribution in [0.2, 0.25) is 0 Å². The Kier molecular flexibility index (Phi) is 4.00. The zero-order valence-corrected chi connectivity index (χ0v) is 12.3. The minimum Gasteiger partial charge on any atom is -0.475 e. The van der Waals surface area contributed by atoms with Crippen molar-refractivity contribution in [2.24, 2.45) is 0 Å². The highest BCUT2D eigenvalue weighted by atomic mass is 32.2. The number of alkyl carbamates (subject to hydrolysis) is 1. The first kappa shape index (κ1) is 14.8. The Balaban J connectivity index is 1.98. The van der Waals surface area contributed by atoms with Crippen LogP contribution < -0.4 is 10.1 Å². The van der Waals surface area contributed by atoms with Crippen LogP contribution in [0.3, 0.4) is 0 Å². The molecule has 1 aliphatic rings. The average Bonchev–Trinajstić information content (AvgIpc) is 2.68. The van der Waals surface area contributed by atoms with Gasteiger partial charge in [-0.05, 0) is 20.8 Å². The Labute approximate surface area is 118 Å². The van der Waals surface area contributed by atoms with E-state index in [1.54, 1.807) is 20.8 Å². The number of rotatable bonds is 2. The van der Waals surface area contributed by atoms with Crippen LogP contribution in [0.4, 0.5) is 4.79 Å². The third-order valence-electron chi connectivity index (χ3n) is 2.48. The third-order valence-corrected chi connectivity index (χ3v) is 3.14. The molecule has 112 valence electrons. The maximum atomic E-state index is 11.6. The van der Waals surface area contributed by atoms with Gasteiger partial charge in [0.1, 0.15) is 17.1 Å². The summed E-state index contributed by atoms with van der Waals surface area (Å²) in [6.45, 7) is 5.87. The number of carbonyl (C=O) groups is 1. The Bertz CT molecular complexity index is 537. The van der Waals surface area contributed by atoms with Crippen LogP contribution >= 0.6 is 0 Å². The van der Waals surface area contributed by atoms with E-state index >= 15 is 0 Å². The first-order valence-corrected chi connectivity index (χ1v) is 7.16. The van der Waals surface area contributed by atoms with Crippen molar-refractivity contribution in [2.75, 3.05) is 6.61 Å². The SMILES string of the molecule is CC(C)(C)OC(=O)N[C@H]1COc2c(S(=O)O)cnn2C1. The monoisotopic (exact) mass is 303 g/mol. The number of hydrogen-bond acceptors (Lipinski definition) is 5. The number of amides is 1. The molecule has 0 spiro atoms. The predicted octanol–water partition coefficient (Wildman–Crippen LogP) is 0.749. The molecule has 2 N–H and O–H groups in total. The van der Waals surface area contributed by atoms with Crippen LogP contribution in [-0.4, -0.2) is 42.9 Å². The Hall–Kier alpha value is -1.61. The molecule has 0 fully saturated rings. The van der Waals surface area contributed by atoms with Crippen molar-refractivity contribution < 1.29 is 23.0 Å². The zero-order valence-electron chi connectivity index (χ0n) is 11.5. The second-order valence-corrected chi connectivity index (χ2v) is 6.34. The summed E-state index contributed by atoms with van der Waals surface area (Å²) in [6, 6.07) is -0.308. The number of aromatic nitrogens is 2. The summed E-state index contributed by atoms with van der Waals surface area (Å²) in [4.78, 5) is 11.8. The highest BCUT2D eigenvalue weighted by Gasteiger charge is 2.27. The van der Waals surface area contributed by atoms with Gasteiger partial charge in [-0.25, -0.2) is 13.7 Å². The summed E-state index contributed by atoms with van der Waals surface area (Å²) in [7, 11) is 0. The minimum absolute atomic E-state index is 0.126. The number of nitrogens with one attached hydrogen (secondary N) is 1. The third kappa shape index (κ3) is 3.48. The van der Waals surface area contributed by atoms with Crippen molar-refractivity contribution in [3.8, 4) is 5.88 Å². The van der Waals surface area contributed by atoms with E-state index in [1.807, 2.05) is 0 Å². The number of hydrogen-bond donors (Lipinski definition) is 2. The normalized spacial score (nSPS) is 19.7. The lowest BCUT2D eigenvalue weighted by molar-refractivity contribution is 0.0459. The van der Waals surface area contributed by atoms with Crippen LogP contribution in [-0.2, 0) is 22.4 Å². The molecule has 0 aromatic carbocycles. The topological polar surface area (TPSA) is 103 Å². The van der Waals surface area contributed by atoms with Crippen molar-refractivity contribution >= 4 is 17.2 Å². The number of carbonyl (C=O) groups excluding carboxylic acids is 1. The summed E-state index contributed by atoms with van der Waals surface area (Å²) in [5.74, 6) is 0.257. The van der Waals surface area contributed by atoms with Gasteiger partial charge >= 0.3 is 6.09 Å². The lowest BCUT2D eigenvalue weighted by Gasteiger charge is -2.27. The quantitative estimate of drug-likeness (QED) is 0.782. The maximum Gasteiger partial charge on any atom is 0.408 e. The fourth-order valence-electron chi connectivity index (χ4n) is 1.75. The molecule has 2 rings (SSSR count). The number of ether oxygens (including phenoxy) is 2. The van der Waals surface area contributed by atoms with Gasteiger partial charge in [0.05, 0.1) is 18.8 Å². The van der Waals surface area contributed by atoms with Gasteiger partial charge in [-0.15, -0.1) is 0 Å². The van der Waals surface area contributed by atoms with Crippen LogP contribution in [0.1, 0.15) is 20.8 Å². The highest BCUT2D eigenvalue weighted by Crippen LogP contribution is 2.24. The molecule has 0 bridgehead atoms. The lowest BCUT2D eigenvalue weighted by atomic mass is 10.2. The van der Waals surface area contributed by atoms with Gasteiger partial charge in [0.25, 0.3) is 0 Å². The molecule has 0 saturated carbocycles. The molecular formula is C11H17N3O5S. The standard InChI is InChI=1S/C11H17N3O5S/c1-11(2,3)19-10(15)13-7-5-14-9(18-6-7)8(4-12-14)20(16)17/h4,7H,5-6H2,1-3H3,(H,13,15)(H,16,17)/t7-/m1/s1. The average molecular weight is 303 g/mol. The largest absolute Gasteiger partial charge is 0.475 e. The summed E-state index contributed by atoms with van der Waals surface area (Å²) >= 11 is -2.14. The molecule has 20 heavy (non-hydrogen) atoms. The fraction of sp³-hybridized carbons (Fsp3) is 0.636. The lowest BCUT2D eigenvalue weighted by Crippen LogP contribution is -2.46. The number of nitrogens with zero attached hydrogens (tertiary/aromatic N) is 2. The second kappa shape index (κ2) is 5.41. The summed E-state index contributed by atoms with van der Waals surface area (Å²) < 4.78 is 32.1. The maximum absolute atomic E-state index is 11.6. The summed E-state index contributed by atoms with van der Waals surface area (Å²) in [6.07, 6.45) is 0.744. The molecule has 1 aliphatic heterocycles. The van der Waals surface area contributed by atoms with E-state index in [0.29, 0.717) is 6.54 Å². The molecule has 9 heteroatoms. The fourth-order valence-corrected chi connectivity index (χ4v) is 2.21. The van der Waals surface area contributed by atoms with Crippen molar-refractivity contribution in [1.82, 2.24) is 15.1 Å². The minimum atomic E-state index is -2.14. The molecule has 1 amide bonds. The van der Waals surface area contributed by atoms with Gasteiger partial charge in [0.2, 0.25) is 5.88 Å². The van der Waals surface area contributed by atoms with E-state index in [4.69, 9.17) is 14.0 Å². The Morgan fingerprint density at radius 1 is 1.65 bits per heavy atom. The van der Waals surface area contributed by atoms with E-state index in [0.717, 1.165) is 0 Å². The molecule has 1 aromatic rings. The predicted molar refractivity (Wildman–Crippen MR) is 69.9 cm³/mol. The van der Waals surface area contributed by atoms with Crippen LogP contribution in [0, 0.1) is 0 Å². The van der Waals surface area contributed by atoms with Crippen LogP contribution in [0.15, 0.2) is 11.1 Å². The van der Waals surface area contributed by atoms with E-state index < -0.39 is 22.8 Å². The summed E-state index contributed by atoms with van der Waals surface area (Å²) in [5, 5.41) is 6.63. The van der Waals surface area contributed by atoms with Gasteiger partial charge in [-0.1, -0.05) is 0 Å². The second-order valence-electron chi connectivity index (χ2n) is 5.40. The molecule has 0 radical (unpaired) electrons. The van der Waals surface area contributed by atoms with Crippen LogP contribution in [0.5, 0.6) is 5.88 Å². The highest BCUT2D eigenvalue weighted by molar-refractivity contribution is 7.79. The smallest absolute Gasteiger partial charge is 0.408 e.